The Bertz CT molecular complexity index is 1270. The summed E-state index contributed by atoms with van der Waals surface area (Å²) in [6.45, 7) is 4.31. The second-order valence-corrected chi connectivity index (χ2v) is 8.90. The van der Waals surface area contributed by atoms with Crippen molar-refractivity contribution in [3.8, 4) is 5.88 Å². The fourth-order valence-corrected chi connectivity index (χ4v) is 3.93. The Kier molecular flexibility index (Phi) is 11.3. The summed E-state index contributed by atoms with van der Waals surface area (Å²) in [6, 6.07) is 3.71. The van der Waals surface area contributed by atoms with E-state index < -0.39 is 48.0 Å². The molecule has 1 heterocycles. The first-order valence-corrected chi connectivity index (χ1v) is 11.1. The first-order valence-electron chi connectivity index (χ1n) is 8.13. The van der Waals surface area contributed by atoms with E-state index in [2.05, 4.69) is 10.2 Å². The molecule has 0 saturated heterocycles. The van der Waals surface area contributed by atoms with Crippen LogP contribution in [0.15, 0.2) is 38.1 Å². The maximum atomic E-state index is 12.6. The number of aromatic hydroxyl groups is 1. The van der Waals surface area contributed by atoms with E-state index in [1.165, 1.54) is 26.0 Å². The third-order valence-corrected chi connectivity index (χ3v) is 5.59. The first-order chi connectivity index (χ1) is 13.3. The average molecular weight is 489 g/mol. The minimum absolute atomic E-state index is 0. The minimum Gasteiger partial charge on any atom is -0.748 e. The van der Waals surface area contributed by atoms with Crippen LogP contribution in [-0.4, -0.2) is 35.6 Å². The van der Waals surface area contributed by atoms with Crippen LogP contribution in [0, 0.1) is 13.8 Å². The number of aromatic nitrogens is 1. The molecule has 1 aromatic heterocycles. The molecular formula is C16H17N3Na2O8S2. The Labute approximate surface area is 223 Å². The van der Waals surface area contributed by atoms with Crippen molar-refractivity contribution >= 4 is 31.6 Å². The molecule has 1 aromatic carbocycles. The number of rotatable bonds is 6. The van der Waals surface area contributed by atoms with E-state index in [4.69, 9.17) is 0 Å². The summed E-state index contributed by atoms with van der Waals surface area (Å²) in [5, 5.41) is 17.6. The van der Waals surface area contributed by atoms with Gasteiger partial charge in [0.2, 0.25) is 0 Å². The normalized spacial score (nSPS) is 11.8. The van der Waals surface area contributed by atoms with Gasteiger partial charge in [-0.15, -0.1) is 10.2 Å². The van der Waals surface area contributed by atoms with E-state index in [0.29, 0.717) is 5.56 Å². The van der Waals surface area contributed by atoms with Crippen molar-refractivity contribution in [1.29, 1.82) is 0 Å². The van der Waals surface area contributed by atoms with E-state index >= 15 is 0 Å². The van der Waals surface area contributed by atoms with Gasteiger partial charge in [-0.3, -0.25) is 9.36 Å². The van der Waals surface area contributed by atoms with Gasteiger partial charge < -0.3 is 14.2 Å². The van der Waals surface area contributed by atoms with Gasteiger partial charge in [0.1, 0.15) is 15.8 Å². The molecule has 0 unspecified atom stereocenters. The second kappa shape index (κ2) is 11.5. The number of hydrogen-bond donors (Lipinski definition) is 1. The zero-order valence-corrected chi connectivity index (χ0v) is 23.2. The van der Waals surface area contributed by atoms with Crippen molar-refractivity contribution < 1.29 is 90.2 Å². The van der Waals surface area contributed by atoms with Gasteiger partial charge in [0.25, 0.3) is 5.56 Å². The molecule has 0 amide bonds. The molecule has 15 heteroatoms. The van der Waals surface area contributed by atoms with Crippen LogP contribution >= 0.6 is 0 Å². The van der Waals surface area contributed by atoms with Crippen molar-refractivity contribution in [3.05, 3.63) is 45.2 Å². The quantitative estimate of drug-likeness (QED) is 0.240. The topological polar surface area (TPSA) is 181 Å². The van der Waals surface area contributed by atoms with Crippen LogP contribution in [0.1, 0.15) is 23.6 Å². The third kappa shape index (κ3) is 7.45. The van der Waals surface area contributed by atoms with Crippen molar-refractivity contribution in [2.45, 2.75) is 38.0 Å². The van der Waals surface area contributed by atoms with Gasteiger partial charge >= 0.3 is 59.1 Å². The number of aryl methyl sites for hydroxylation is 1. The summed E-state index contributed by atoms with van der Waals surface area (Å²) in [5.74, 6) is -1.77. The predicted octanol–water partition coefficient (Wildman–Crippen LogP) is -4.44. The molecule has 0 radical (unpaired) electrons. The van der Waals surface area contributed by atoms with Crippen LogP contribution in [0.3, 0.4) is 0 Å². The van der Waals surface area contributed by atoms with E-state index in [1.54, 1.807) is 6.92 Å². The first kappa shape index (κ1) is 30.4. The SMILES string of the molecule is CCn1c(O)c(CS(=O)(=O)[O-])c(C)c(N=Nc2cc(C)ccc2S(=O)(=O)[O-])c1=O.[Na+].[Na+]. The largest absolute Gasteiger partial charge is 1.00 e. The maximum absolute atomic E-state index is 12.6. The maximum Gasteiger partial charge on any atom is 1.00 e. The molecule has 31 heavy (non-hydrogen) atoms. The fraction of sp³-hybridized carbons (Fsp3) is 0.312. The summed E-state index contributed by atoms with van der Waals surface area (Å²) >= 11 is 0. The predicted molar refractivity (Wildman–Crippen MR) is 99.5 cm³/mol. The van der Waals surface area contributed by atoms with Gasteiger partial charge in [0.05, 0.1) is 20.8 Å². The van der Waals surface area contributed by atoms with E-state index in [9.17, 15) is 35.8 Å². The molecular weight excluding hydrogens is 472 g/mol. The molecule has 0 bridgehead atoms. The van der Waals surface area contributed by atoms with Crippen LogP contribution in [0.5, 0.6) is 5.88 Å². The Hall–Kier alpha value is -0.610. The molecule has 2 rings (SSSR count). The monoisotopic (exact) mass is 489 g/mol. The standard InChI is InChI=1S/C16H19N3O8S2.2Na/c1-4-19-15(20)11(8-28(22,23)24)10(3)14(16(19)21)18-17-12-7-9(2)5-6-13(12)29(25,26)27;;/h5-7,20H,4,8H2,1-3H3,(H,22,23,24)(H,25,26,27);;/q;2*+1/p-2. The number of hydrogen-bond acceptors (Lipinski definition) is 10. The van der Waals surface area contributed by atoms with E-state index in [-0.39, 0.29) is 82.5 Å². The molecule has 0 aliphatic heterocycles. The molecule has 0 saturated carbocycles. The van der Waals surface area contributed by atoms with Crippen LogP contribution in [0.4, 0.5) is 11.4 Å². The Morgan fingerprint density at radius 1 is 1.06 bits per heavy atom. The zero-order chi connectivity index (χ0) is 22.1. The number of pyridine rings is 1. The summed E-state index contributed by atoms with van der Waals surface area (Å²) in [4.78, 5) is 11.9. The van der Waals surface area contributed by atoms with Crippen LogP contribution in [-0.2, 0) is 32.5 Å². The smallest absolute Gasteiger partial charge is 0.748 e. The summed E-state index contributed by atoms with van der Waals surface area (Å²) in [7, 11) is -9.67. The van der Waals surface area contributed by atoms with Crippen molar-refractivity contribution in [1.82, 2.24) is 4.57 Å². The molecule has 0 atom stereocenters. The van der Waals surface area contributed by atoms with Crippen molar-refractivity contribution in [3.63, 3.8) is 0 Å². The molecule has 158 valence electrons. The second-order valence-electron chi connectivity index (χ2n) is 6.15. The van der Waals surface area contributed by atoms with Gasteiger partial charge in [0, 0.05) is 12.1 Å². The Balaban J connectivity index is 0.00000450. The average Bonchev–Trinajstić information content (AvgIpc) is 2.57. The number of azo groups is 1. The van der Waals surface area contributed by atoms with Crippen LogP contribution in [0.25, 0.3) is 0 Å². The van der Waals surface area contributed by atoms with Gasteiger partial charge in [-0.1, -0.05) is 6.07 Å². The van der Waals surface area contributed by atoms with Gasteiger partial charge in [-0.25, -0.2) is 16.8 Å². The van der Waals surface area contributed by atoms with E-state index in [1.807, 2.05) is 0 Å². The molecule has 0 fully saturated rings. The van der Waals surface area contributed by atoms with Crippen LogP contribution < -0.4 is 64.7 Å². The molecule has 0 spiro atoms. The fourth-order valence-electron chi connectivity index (χ4n) is 2.64. The molecule has 0 aliphatic rings. The molecule has 11 nitrogen and oxygen atoms in total. The van der Waals surface area contributed by atoms with E-state index in [0.717, 1.165) is 10.6 Å². The summed E-state index contributed by atoms with van der Waals surface area (Å²) in [6.07, 6.45) is 0. The molecule has 1 N–H and O–H groups in total. The van der Waals surface area contributed by atoms with Gasteiger partial charge in [0.15, 0.2) is 11.6 Å². The Morgan fingerprint density at radius 3 is 2.13 bits per heavy atom. The van der Waals surface area contributed by atoms with Gasteiger partial charge in [-0.2, -0.15) is 0 Å². The van der Waals surface area contributed by atoms with Gasteiger partial charge in [-0.05, 0) is 44.0 Å². The van der Waals surface area contributed by atoms with Crippen LogP contribution in [0.2, 0.25) is 0 Å². The Morgan fingerprint density at radius 2 is 1.65 bits per heavy atom. The van der Waals surface area contributed by atoms with Crippen molar-refractivity contribution in [2.75, 3.05) is 0 Å². The minimum atomic E-state index is -4.87. The zero-order valence-electron chi connectivity index (χ0n) is 17.6. The molecule has 2 aromatic rings. The molecule has 0 aliphatic carbocycles. The summed E-state index contributed by atoms with van der Waals surface area (Å²) < 4.78 is 68.5. The number of benzene rings is 1. The third-order valence-electron chi connectivity index (χ3n) is 4.06. The van der Waals surface area contributed by atoms with Crippen molar-refractivity contribution in [2.24, 2.45) is 10.2 Å². The summed E-state index contributed by atoms with van der Waals surface area (Å²) in [5.41, 5.74) is -1.42. The number of nitrogens with zero attached hydrogens (tertiary/aromatic N) is 3.